The average molecular weight is 835 g/mol. The molecular formula is C43H47F5N4O4Si2. The Labute approximate surface area is 336 Å². The number of alkyl halides is 4. The highest BCUT2D eigenvalue weighted by Crippen LogP contribution is 2.51. The van der Waals surface area contributed by atoms with E-state index in [1.165, 1.54) is 16.9 Å². The Bertz CT molecular complexity index is 2410. The number of hydrogen-bond donors (Lipinski definition) is 1. The maximum absolute atomic E-state index is 15.6. The number of aromatic nitrogens is 4. The first-order valence-electron chi connectivity index (χ1n) is 19.2. The lowest BCUT2D eigenvalue weighted by Gasteiger charge is -2.41. The van der Waals surface area contributed by atoms with E-state index in [4.69, 9.17) is 14.2 Å². The Morgan fingerprint density at radius 3 is 2.34 bits per heavy atom. The number of rotatable bonds is 13. The van der Waals surface area contributed by atoms with Crippen molar-refractivity contribution < 1.29 is 41.0 Å². The number of nitrogens with zero attached hydrogens (tertiary/aromatic N) is 4. The number of hydrogen-bond acceptors (Lipinski definition) is 6. The van der Waals surface area contributed by atoms with Crippen molar-refractivity contribution in [1.29, 1.82) is 0 Å². The van der Waals surface area contributed by atoms with Crippen LogP contribution in [0.5, 0.6) is 11.6 Å². The third-order valence-corrected chi connectivity index (χ3v) is 17.0. The Hall–Kier alpha value is -4.84. The molecule has 0 spiro atoms. The van der Waals surface area contributed by atoms with E-state index in [1.54, 1.807) is 16.7 Å². The normalized spacial score (nSPS) is 15.8. The summed E-state index contributed by atoms with van der Waals surface area (Å²) in [5.74, 6) is -1.29. The highest BCUT2D eigenvalue weighted by atomic mass is 28.4. The SMILES string of the molecule is CC(C)(C)[Si](O)(c1ccccc1)c1ccccc1C1CCOc2c(-c3c(-c4ccc(F)cc4OC(F)F)c4cccnc4n3COCC[Si](C)(C)C)c(C(F)F)nn21. The van der Waals surface area contributed by atoms with Crippen LogP contribution in [-0.4, -0.2) is 60.3 Å². The van der Waals surface area contributed by atoms with Crippen molar-refractivity contribution in [3.05, 3.63) is 108 Å². The fourth-order valence-electron chi connectivity index (χ4n) is 7.89. The van der Waals surface area contributed by atoms with Gasteiger partial charge in [-0.05, 0) is 51.3 Å². The predicted octanol–water partition coefficient (Wildman–Crippen LogP) is 9.78. The minimum Gasteiger partial charge on any atom is -0.477 e. The molecule has 3 aromatic carbocycles. The maximum Gasteiger partial charge on any atom is 0.387 e. The van der Waals surface area contributed by atoms with Crippen molar-refractivity contribution in [3.8, 4) is 34.0 Å². The molecule has 0 amide bonds. The molecule has 58 heavy (non-hydrogen) atoms. The summed E-state index contributed by atoms with van der Waals surface area (Å²) < 4.78 is 94.3. The lowest BCUT2D eigenvalue weighted by Crippen LogP contribution is -2.65. The number of fused-ring (bicyclic) bond motifs is 2. The van der Waals surface area contributed by atoms with Gasteiger partial charge >= 0.3 is 6.61 Å². The minimum absolute atomic E-state index is 0.0212. The summed E-state index contributed by atoms with van der Waals surface area (Å²) in [6.45, 7) is 9.65. The van der Waals surface area contributed by atoms with Gasteiger partial charge < -0.3 is 23.6 Å². The van der Waals surface area contributed by atoms with E-state index in [2.05, 4.69) is 29.7 Å². The van der Waals surface area contributed by atoms with Crippen LogP contribution in [0, 0.1) is 5.82 Å². The van der Waals surface area contributed by atoms with Crippen LogP contribution in [0.25, 0.3) is 33.4 Å². The molecule has 0 bridgehead atoms. The van der Waals surface area contributed by atoms with Gasteiger partial charge in [0.05, 0.1) is 23.9 Å². The van der Waals surface area contributed by atoms with Crippen molar-refractivity contribution in [2.75, 3.05) is 13.2 Å². The molecule has 1 N–H and O–H groups in total. The van der Waals surface area contributed by atoms with Crippen LogP contribution < -0.4 is 19.8 Å². The van der Waals surface area contributed by atoms with E-state index in [0.29, 0.717) is 24.1 Å². The van der Waals surface area contributed by atoms with Crippen molar-refractivity contribution >= 4 is 37.8 Å². The standard InChI is InChI=1S/C43H47F5N4O4Si2/c1-43(2,3)58(53,28-13-8-7-9-14-28)34-17-11-10-15-29(34)32-20-22-55-41-36(37(39(45)46)50-52(32)41)38-35(30-19-18-27(44)25-33(30)56-42(47)48)31-16-12-21-49-40(31)51(38)26-54-23-24-57(4,5)6/h7-19,21,25,32,39,42,53H,20,22-24,26H2,1-6H3. The van der Waals surface area contributed by atoms with Gasteiger partial charge in [-0.3, -0.25) is 0 Å². The number of pyridine rings is 1. The molecule has 0 radical (unpaired) electrons. The predicted molar refractivity (Wildman–Crippen MR) is 220 cm³/mol. The summed E-state index contributed by atoms with van der Waals surface area (Å²) in [5.41, 5.74) is 0.664. The van der Waals surface area contributed by atoms with E-state index in [9.17, 15) is 18.0 Å². The summed E-state index contributed by atoms with van der Waals surface area (Å²) in [4.78, 5) is 17.6. The van der Waals surface area contributed by atoms with Gasteiger partial charge in [-0.2, -0.15) is 13.9 Å². The van der Waals surface area contributed by atoms with Crippen LogP contribution in [0.1, 0.15) is 50.9 Å². The molecule has 0 saturated heterocycles. The van der Waals surface area contributed by atoms with E-state index in [0.717, 1.165) is 34.1 Å². The molecule has 306 valence electrons. The Kier molecular flexibility index (Phi) is 11.5. The lowest BCUT2D eigenvalue weighted by atomic mass is 9.97. The second kappa shape index (κ2) is 16.1. The van der Waals surface area contributed by atoms with Crippen molar-refractivity contribution in [1.82, 2.24) is 19.3 Å². The van der Waals surface area contributed by atoms with Crippen LogP contribution in [0.15, 0.2) is 91.1 Å². The summed E-state index contributed by atoms with van der Waals surface area (Å²) in [6, 6.07) is 23.8. The largest absolute Gasteiger partial charge is 0.477 e. The topological polar surface area (TPSA) is 83.6 Å². The van der Waals surface area contributed by atoms with E-state index < -0.39 is 57.8 Å². The molecule has 2 unspecified atom stereocenters. The van der Waals surface area contributed by atoms with Crippen LogP contribution in [0.4, 0.5) is 22.0 Å². The second-order valence-corrected chi connectivity index (χ2v) is 26.4. The smallest absolute Gasteiger partial charge is 0.387 e. The monoisotopic (exact) mass is 834 g/mol. The number of benzene rings is 3. The molecule has 1 aliphatic heterocycles. The summed E-state index contributed by atoms with van der Waals surface area (Å²) in [6.07, 6.45) is -1.24. The van der Waals surface area contributed by atoms with Crippen LogP contribution in [0.2, 0.25) is 30.7 Å². The fraction of sp³-hybridized carbons (Fsp3) is 0.349. The minimum atomic E-state index is -3.55. The number of ether oxygens (including phenoxy) is 3. The molecule has 0 fully saturated rings. The zero-order valence-corrected chi connectivity index (χ0v) is 35.3. The molecular weight excluding hydrogens is 788 g/mol. The Balaban J connectivity index is 1.51. The van der Waals surface area contributed by atoms with Crippen LogP contribution in [0.3, 0.4) is 0 Å². The van der Waals surface area contributed by atoms with E-state index in [-0.39, 0.29) is 41.6 Å². The van der Waals surface area contributed by atoms with Gasteiger partial charge in [-0.25, -0.2) is 22.8 Å². The lowest BCUT2D eigenvalue weighted by molar-refractivity contribution is -0.0496. The summed E-state index contributed by atoms with van der Waals surface area (Å²) in [7, 11) is -5.10. The molecule has 3 aromatic heterocycles. The molecule has 8 nitrogen and oxygen atoms in total. The van der Waals surface area contributed by atoms with E-state index in [1.807, 2.05) is 75.4 Å². The van der Waals surface area contributed by atoms with Crippen molar-refractivity contribution in [2.45, 2.75) is 83.7 Å². The quantitative estimate of drug-likeness (QED) is 0.0709. The molecule has 0 saturated carbocycles. The molecule has 1 aliphatic rings. The average Bonchev–Trinajstić information content (AvgIpc) is 3.71. The van der Waals surface area contributed by atoms with Gasteiger partial charge in [0.1, 0.15) is 29.6 Å². The van der Waals surface area contributed by atoms with Crippen molar-refractivity contribution in [3.63, 3.8) is 0 Å². The van der Waals surface area contributed by atoms with Gasteiger partial charge in [-0.1, -0.05) is 95.0 Å². The molecule has 2 atom stereocenters. The maximum atomic E-state index is 15.6. The fourth-order valence-corrected chi connectivity index (χ4v) is 12.3. The van der Waals surface area contributed by atoms with Gasteiger partial charge in [0.25, 0.3) is 14.7 Å². The molecule has 7 rings (SSSR count). The highest BCUT2D eigenvalue weighted by Gasteiger charge is 2.49. The third kappa shape index (κ3) is 7.72. The molecule has 0 aliphatic carbocycles. The summed E-state index contributed by atoms with van der Waals surface area (Å²) >= 11 is 0. The first-order chi connectivity index (χ1) is 27.5. The van der Waals surface area contributed by atoms with E-state index >= 15 is 8.78 Å². The van der Waals surface area contributed by atoms with Gasteiger partial charge in [-0.15, -0.1) is 0 Å². The third-order valence-electron chi connectivity index (χ3n) is 10.7. The first-order valence-corrected chi connectivity index (χ1v) is 24.9. The van der Waals surface area contributed by atoms with Gasteiger partial charge in [0.2, 0.25) is 5.88 Å². The molecule has 15 heteroatoms. The first kappa shape index (κ1) is 41.3. The van der Waals surface area contributed by atoms with Gasteiger partial charge in [0.15, 0.2) is 0 Å². The van der Waals surface area contributed by atoms with Crippen LogP contribution >= 0.6 is 0 Å². The molecule has 4 heterocycles. The highest BCUT2D eigenvalue weighted by molar-refractivity contribution is 6.98. The zero-order valence-electron chi connectivity index (χ0n) is 33.3. The van der Waals surface area contributed by atoms with Crippen LogP contribution in [-0.2, 0) is 11.5 Å². The Morgan fingerprint density at radius 2 is 1.66 bits per heavy atom. The zero-order chi connectivity index (χ0) is 41.6. The second-order valence-electron chi connectivity index (χ2n) is 16.8. The Morgan fingerprint density at radius 1 is 0.931 bits per heavy atom. The molecule has 6 aromatic rings. The number of halogens is 5. The van der Waals surface area contributed by atoms with Gasteiger partial charge in [0, 0.05) is 49.9 Å². The summed E-state index contributed by atoms with van der Waals surface area (Å²) in [5, 5.41) is 5.93. The van der Waals surface area contributed by atoms with Crippen molar-refractivity contribution in [2.24, 2.45) is 0 Å².